The smallest absolute Gasteiger partial charge is 0.256 e. The molecule has 3 rings (SSSR count). The molecule has 23 heavy (non-hydrogen) atoms. The van der Waals surface area contributed by atoms with E-state index in [2.05, 4.69) is 4.90 Å². The van der Waals surface area contributed by atoms with Crippen LogP contribution >= 0.6 is 0 Å². The number of carbonyl (C=O) groups excluding carboxylic acids is 1. The predicted octanol–water partition coefficient (Wildman–Crippen LogP) is 2.29. The number of carbonyl (C=O) groups is 1. The molecule has 1 atom stereocenters. The topological polar surface area (TPSA) is 32.8 Å². The molecule has 0 bridgehead atoms. The van der Waals surface area contributed by atoms with Crippen LogP contribution in [0.1, 0.15) is 29.6 Å². The first-order chi connectivity index (χ1) is 11.1. The van der Waals surface area contributed by atoms with Crippen LogP contribution in [0.4, 0.5) is 8.78 Å². The molecule has 126 valence electrons. The van der Waals surface area contributed by atoms with Gasteiger partial charge in [-0.2, -0.15) is 0 Å². The molecule has 2 aliphatic heterocycles. The minimum absolute atomic E-state index is 0.0598. The van der Waals surface area contributed by atoms with E-state index in [1.54, 1.807) is 4.90 Å². The molecule has 1 aromatic rings. The summed E-state index contributed by atoms with van der Waals surface area (Å²) in [6.07, 6.45) is 3.75. The number of amides is 1. The highest BCUT2D eigenvalue weighted by Gasteiger charge is 2.26. The third kappa shape index (κ3) is 4.06. The van der Waals surface area contributed by atoms with Crippen LogP contribution < -0.4 is 0 Å². The summed E-state index contributed by atoms with van der Waals surface area (Å²) in [5, 5.41) is 0. The molecular weight excluding hydrogens is 302 g/mol. The van der Waals surface area contributed by atoms with Gasteiger partial charge in [0.15, 0.2) is 0 Å². The Hall–Kier alpha value is -1.53. The molecule has 0 unspecified atom stereocenters. The zero-order valence-corrected chi connectivity index (χ0v) is 13.1. The lowest BCUT2D eigenvalue weighted by Gasteiger charge is -2.37. The molecule has 2 heterocycles. The maximum atomic E-state index is 13.7. The van der Waals surface area contributed by atoms with Crippen LogP contribution in [0.15, 0.2) is 18.2 Å². The van der Waals surface area contributed by atoms with Gasteiger partial charge in [0.2, 0.25) is 0 Å². The van der Waals surface area contributed by atoms with Gasteiger partial charge >= 0.3 is 0 Å². The molecule has 2 aliphatic rings. The number of piperazine rings is 1. The minimum Gasteiger partial charge on any atom is -0.377 e. The molecule has 2 fully saturated rings. The molecule has 0 saturated carbocycles. The molecule has 0 radical (unpaired) electrons. The second kappa shape index (κ2) is 7.36. The zero-order valence-electron chi connectivity index (χ0n) is 13.1. The molecule has 6 heteroatoms. The second-order valence-corrected chi connectivity index (χ2v) is 6.21. The number of halogens is 2. The number of hydrogen-bond acceptors (Lipinski definition) is 3. The van der Waals surface area contributed by atoms with Crippen molar-refractivity contribution in [3.63, 3.8) is 0 Å². The molecular formula is C17H22F2N2O2. The Morgan fingerprint density at radius 2 is 1.96 bits per heavy atom. The van der Waals surface area contributed by atoms with Gasteiger partial charge in [-0.15, -0.1) is 0 Å². The van der Waals surface area contributed by atoms with E-state index in [1.165, 1.54) is 12.5 Å². The van der Waals surface area contributed by atoms with Crippen molar-refractivity contribution >= 4 is 5.91 Å². The first-order valence-corrected chi connectivity index (χ1v) is 8.22. The van der Waals surface area contributed by atoms with Crippen LogP contribution in [-0.4, -0.2) is 61.1 Å². The van der Waals surface area contributed by atoms with Crippen molar-refractivity contribution in [2.45, 2.75) is 25.4 Å². The Kier molecular flexibility index (Phi) is 5.23. The normalized spacial score (nSPS) is 23.0. The Labute approximate surface area is 135 Å². The van der Waals surface area contributed by atoms with Gasteiger partial charge in [0, 0.05) is 45.4 Å². The van der Waals surface area contributed by atoms with Gasteiger partial charge < -0.3 is 9.64 Å². The van der Waals surface area contributed by atoms with Crippen molar-refractivity contribution in [3.8, 4) is 0 Å². The van der Waals surface area contributed by atoms with Gasteiger partial charge in [0.05, 0.1) is 11.7 Å². The number of nitrogens with zero attached hydrogens (tertiary/aromatic N) is 2. The van der Waals surface area contributed by atoms with Crippen LogP contribution in [-0.2, 0) is 4.74 Å². The van der Waals surface area contributed by atoms with E-state index in [0.717, 1.165) is 51.2 Å². The highest BCUT2D eigenvalue weighted by molar-refractivity contribution is 5.94. The molecule has 0 aliphatic carbocycles. The second-order valence-electron chi connectivity index (χ2n) is 6.21. The van der Waals surface area contributed by atoms with E-state index in [4.69, 9.17) is 4.74 Å². The average molecular weight is 324 g/mol. The summed E-state index contributed by atoms with van der Waals surface area (Å²) < 4.78 is 32.4. The van der Waals surface area contributed by atoms with Crippen molar-refractivity contribution in [1.29, 1.82) is 0 Å². The van der Waals surface area contributed by atoms with Crippen LogP contribution in [0, 0.1) is 11.6 Å². The summed E-state index contributed by atoms with van der Waals surface area (Å²) in [5.41, 5.74) is -0.0598. The molecule has 2 saturated heterocycles. The summed E-state index contributed by atoms with van der Waals surface area (Å²) in [5.74, 6) is -1.83. The van der Waals surface area contributed by atoms with Gasteiger partial charge in [-0.1, -0.05) is 0 Å². The van der Waals surface area contributed by atoms with Gasteiger partial charge in [0.25, 0.3) is 5.91 Å². The van der Waals surface area contributed by atoms with Crippen molar-refractivity contribution < 1.29 is 18.3 Å². The van der Waals surface area contributed by atoms with Gasteiger partial charge in [-0.3, -0.25) is 9.69 Å². The molecule has 0 N–H and O–H groups in total. The molecule has 1 amide bonds. The summed E-state index contributed by atoms with van der Waals surface area (Å²) >= 11 is 0. The summed E-state index contributed by atoms with van der Waals surface area (Å²) in [7, 11) is 0. The van der Waals surface area contributed by atoms with Gasteiger partial charge in [0.1, 0.15) is 11.6 Å². The van der Waals surface area contributed by atoms with Crippen LogP contribution in [0.25, 0.3) is 0 Å². The van der Waals surface area contributed by atoms with E-state index in [0.29, 0.717) is 19.2 Å². The Morgan fingerprint density at radius 3 is 2.61 bits per heavy atom. The minimum atomic E-state index is -0.798. The van der Waals surface area contributed by atoms with Crippen molar-refractivity contribution in [3.05, 3.63) is 35.4 Å². The maximum Gasteiger partial charge on any atom is 0.256 e. The van der Waals surface area contributed by atoms with E-state index in [-0.39, 0.29) is 11.5 Å². The van der Waals surface area contributed by atoms with Gasteiger partial charge in [-0.25, -0.2) is 8.78 Å². The van der Waals surface area contributed by atoms with Gasteiger partial charge in [-0.05, 0) is 31.4 Å². The first-order valence-electron chi connectivity index (χ1n) is 8.22. The maximum absolute atomic E-state index is 13.7. The Balaban J connectivity index is 1.52. The largest absolute Gasteiger partial charge is 0.377 e. The Bertz CT molecular complexity index is 554. The number of hydrogen-bond donors (Lipinski definition) is 0. The third-order valence-corrected chi connectivity index (χ3v) is 4.56. The summed E-state index contributed by atoms with van der Waals surface area (Å²) in [6.45, 7) is 4.37. The van der Waals surface area contributed by atoms with Crippen LogP contribution in [0.5, 0.6) is 0 Å². The van der Waals surface area contributed by atoms with E-state index >= 15 is 0 Å². The standard InChI is InChI=1S/C17H22F2N2O2/c18-13-4-5-15(16(19)11-13)17(22)21-8-6-20(7-9-21)12-14-3-1-2-10-23-14/h4-5,11,14H,1-3,6-10,12H2/t14-/m0/s1. The van der Waals surface area contributed by atoms with E-state index in [1.807, 2.05) is 0 Å². The fourth-order valence-corrected chi connectivity index (χ4v) is 3.21. The fraction of sp³-hybridized carbons (Fsp3) is 0.588. The van der Waals surface area contributed by atoms with E-state index in [9.17, 15) is 13.6 Å². The Morgan fingerprint density at radius 1 is 1.17 bits per heavy atom. The van der Waals surface area contributed by atoms with E-state index < -0.39 is 11.6 Å². The molecule has 4 nitrogen and oxygen atoms in total. The first kappa shape index (κ1) is 16.3. The summed E-state index contributed by atoms with van der Waals surface area (Å²) in [4.78, 5) is 16.3. The quantitative estimate of drug-likeness (QED) is 0.855. The lowest BCUT2D eigenvalue weighted by Crippen LogP contribution is -2.51. The molecule has 0 spiro atoms. The number of rotatable bonds is 3. The molecule has 0 aromatic heterocycles. The summed E-state index contributed by atoms with van der Waals surface area (Å²) in [6, 6.07) is 3.09. The lowest BCUT2D eigenvalue weighted by molar-refractivity contribution is -0.0130. The fourth-order valence-electron chi connectivity index (χ4n) is 3.21. The zero-order chi connectivity index (χ0) is 16.2. The third-order valence-electron chi connectivity index (χ3n) is 4.56. The highest BCUT2D eigenvalue weighted by Crippen LogP contribution is 2.17. The number of ether oxygens (including phenoxy) is 1. The van der Waals surface area contributed by atoms with Crippen molar-refractivity contribution in [1.82, 2.24) is 9.80 Å². The predicted molar refractivity (Wildman–Crippen MR) is 82.3 cm³/mol. The average Bonchev–Trinajstić information content (AvgIpc) is 2.56. The highest BCUT2D eigenvalue weighted by atomic mass is 19.1. The SMILES string of the molecule is O=C(c1ccc(F)cc1F)N1CCN(C[C@@H]2CCCCO2)CC1. The van der Waals surface area contributed by atoms with Crippen LogP contribution in [0.3, 0.4) is 0 Å². The van der Waals surface area contributed by atoms with Crippen LogP contribution in [0.2, 0.25) is 0 Å². The van der Waals surface area contributed by atoms with Crippen molar-refractivity contribution in [2.24, 2.45) is 0 Å². The molecule has 1 aromatic carbocycles. The number of benzene rings is 1. The lowest BCUT2D eigenvalue weighted by atomic mass is 10.1. The monoisotopic (exact) mass is 324 g/mol. The van der Waals surface area contributed by atoms with Crippen molar-refractivity contribution in [2.75, 3.05) is 39.3 Å².